The van der Waals surface area contributed by atoms with Gasteiger partial charge in [-0.1, -0.05) is 175 Å². The lowest BCUT2D eigenvalue weighted by molar-refractivity contribution is -0.209. The minimum atomic E-state index is -1.84. The third kappa shape index (κ3) is 12.1. The zero-order valence-electron chi connectivity index (χ0n) is 36.8. The molecule has 0 aromatic heterocycles. The molecule has 0 aromatic carbocycles. The van der Waals surface area contributed by atoms with E-state index in [9.17, 15) is 39.9 Å². The van der Waals surface area contributed by atoms with Gasteiger partial charge in [-0.25, -0.2) is 0 Å². The molecule has 4 aliphatic carbocycles. The van der Waals surface area contributed by atoms with E-state index >= 15 is 0 Å². The summed E-state index contributed by atoms with van der Waals surface area (Å²) in [4.78, 5) is 36.3. The average Bonchev–Trinajstić information content (AvgIpc) is 3.58. The van der Waals surface area contributed by atoms with Crippen LogP contribution in [0, 0.1) is 29.1 Å². The summed E-state index contributed by atoms with van der Waals surface area (Å²) in [5, 5.41) is 54.9. The van der Waals surface area contributed by atoms with Gasteiger partial charge in [-0.05, 0) is 30.9 Å². The van der Waals surface area contributed by atoms with Gasteiger partial charge in [-0.2, -0.15) is 0 Å². The Morgan fingerprint density at radius 2 is 1.11 bits per heavy atom. The Hall–Kier alpha value is -1.91. The zero-order chi connectivity index (χ0) is 42.3. The number of hydrogen-bond donors (Lipinski definition) is 5. The number of ether oxygens (including phenoxy) is 1. The van der Waals surface area contributed by atoms with E-state index in [0.29, 0.717) is 24.0 Å². The molecule has 4 aliphatic rings. The first-order chi connectivity index (χ1) is 27.1. The molecule has 0 radical (unpaired) electrons. The summed E-state index contributed by atoms with van der Waals surface area (Å²) in [6.07, 6.45) is 30.6. The molecule has 0 aromatic rings. The van der Waals surface area contributed by atoms with Crippen molar-refractivity contribution in [3.05, 3.63) is 23.3 Å². The monoisotopic (exact) mass is 803 g/mol. The molecule has 0 bridgehead atoms. The number of unbranched alkanes of at least 4 members (excludes halogenated alkanes) is 20. The topological polar surface area (TPSA) is 162 Å². The highest BCUT2D eigenvalue weighted by molar-refractivity contribution is 6.04. The first-order valence-corrected chi connectivity index (χ1v) is 23.2. The maximum Gasteiger partial charge on any atom is 0.313 e. The Morgan fingerprint density at radius 3 is 1.51 bits per heavy atom. The number of esters is 2. The largest absolute Gasteiger partial charge is 0.393 e. The molecule has 2 fully saturated rings. The van der Waals surface area contributed by atoms with Crippen molar-refractivity contribution in [1.82, 2.24) is 0 Å². The van der Waals surface area contributed by atoms with E-state index in [1.165, 1.54) is 116 Å². The maximum atomic E-state index is 12.7. The van der Waals surface area contributed by atoms with Crippen LogP contribution in [0.5, 0.6) is 0 Å². The number of Topliss-reactive ketones (excluding diaryl/α,β-unsaturated/α-hetero) is 1. The third-order valence-corrected chi connectivity index (χ3v) is 14.2. The van der Waals surface area contributed by atoms with Gasteiger partial charge < -0.3 is 30.3 Å². The number of fused-ring (bicyclic) bond motifs is 5. The Morgan fingerprint density at radius 1 is 0.702 bits per heavy atom. The van der Waals surface area contributed by atoms with Crippen molar-refractivity contribution >= 4 is 17.7 Å². The lowest BCUT2D eigenvalue weighted by Crippen LogP contribution is -2.65. The van der Waals surface area contributed by atoms with Crippen LogP contribution in [0.1, 0.15) is 202 Å². The van der Waals surface area contributed by atoms with Gasteiger partial charge in [0.25, 0.3) is 0 Å². The molecule has 328 valence electrons. The van der Waals surface area contributed by atoms with E-state index in [2.05, 4.69) is 13.8 Å². The molecule has 9 nitrogen and oxygen atoms in total. The van der Waals surface area contributed by atoms with Gasteiger partial charge >= 0.3 is 11.9 Å². The molecule has 0 saturated heterocycles. The van der Waals surface area contributed by atoms with Crippen LogP contribution in [0.2, 0.25) is 0 Å². The second-order valence-corrected chi connectivity index (χ2v) is 18.8. The van der Waals surface area contributed by atoms with Crippen LogP contribution < -0.4 is 0 Å². The number of aliphatic hydroxyl groups excluding tert-OH is 2. The van der Waals surface area contributed by atoms with Gasteiger partial charge in [0.2, 0.25) is 0 Å². The van der Waals surface area contributed by atoms with Crippen LogP contribution in [-0.2, 0) is 19.1 Å². The minimum Gasteiger partial charge on any atom is -0.393 e. The lowest BCUT2D eigenvalue weighted by Gasteiger charge is -2.51. The van der Waals surface area contributed by atoms with E-state index in [-0.39, 0.29) is 25.0 Å². The van der Waals surface area contributed by atoms with E-state index in [1.54, 1.807) is 26.0 Å². The van der Waals surface area contributed by atoms with Crippen LogP contribution in [-0.4, -0.2) is 72.8 Å². The van der Waals surface area contributed by atoms with Gasteiger partial charge in [0.1, 0.15) is 11.2 Å². The van der Waals surface area contributed by atoms with Gasteiger partial charge in [0, 0.05) is 48.3 Å². The molecule has 0 aliphatic heterocycles. The van der Waals surface area contributed by atoms with Crippen molar-refractivity contribution in [3.8, 4) is 0 Å². The fraction of sp³-hybridized carbons (Fsp3) is 0.854. The van der Waals surface area contributed by atoms with Crippen molar-refractivity contribution in [2.24, 2.45) is 29.1 Å². The fourth-order valence-electron chi connectivity index (χ4n) is 10.5. The summed E-state index contributed by atoms with van der Waals surface area (Å²) in [6.45, 7) is 11.1. The molecule has 9 heteroatoms. The normalized spacial score (nSPS) is 30.9. The Bertz CT molecular complexity index is 1300. The molecule has 0 unspecified atom stereocenters. The molecule has 5 N–H and O–H groups in total. The predicted octanol–water partition coefficient (Wildman–Crippen LogP) is 9.39. The van der Waals surface area contributed by atoms with E-state index in [4.69, 9.17) is 4.74 Å². The number of aliphatic hydroxyl groups is 5. The molecule has 57 heavy (non-hydrogen) atoms. The summed E-state index contributed by atoms with van der Waals surface area (Å²) in [7, 11) is 0. The summed E-state index contributed by atoms with van der Waals surface area (Å²) in [5.74, 6) is -3.80. The summed E-state index contributed by atoms with van der Waals surface area (Å²) in [5.41, 5.74) is -4.57. The van der Waals surface area contributed by atoms with Crippen molar-refractivity contribution in [2.75, 3.05) is 6.61 Å². The maximum absolute atomic E-state index is 12.7. The van der Waals surface area contributed by atoms with E-state index < -0.39 is 57.8 Å². The lowest BCUT2D eigenvalue weighted by atomic mass is 9.59. The fourth-order valence-corrected chi connectivity index (χ4v) is 10.5. The standard InChI is InChI=1S/C28H54O3.C20H28O6/c1-3-5-7-9-11-13-15-17-19-21-23-25-27(29)31-28(30)26-24-22-20-18-16-14-12-10-8-6-4-2;1-9-5-13-18(24,15(9)22)7-11(8-21)6-12-14-17(3,4)20(14,26)16(23)10(2)19(12,13)25/h3-26H2,1-2H3;5-6,10,12-14,16,21,23-26H,7-8H2,1-4H3/t;10-,12+,13-,14-,16-,18+,19+,20+/m.1/s1. The smallest absolute Gasteiger partial charge is 0.313 e. The second kappa shape index (κ2) is 23.2. The highest BCUT2D eigenvalue weighted by Gasteiger charge is 2.84. The van der Waals surface area contributed by atoms with Crippen molar-refractivity contribution in [3.63, 3.8) is 0 Å². The second-order valence-electron chi connectivity index (χ2n) is 18.8. The van der Waals surface area contributed by atoms with Crippen LogP contribution in [0.25, 0.3) is 0 Å². The molecule has 4 rings (SSSR count). The number of hydrogen-bond acceptors (Lipinski definition) is 9. The van der Waals surface area contributed by atoms with Crippen molar-refractivity contribution in [1.29, 1.82) is 0 Å². The van der Waals surface area contributed by atoms with Crippen molar-refractivity contribution in [2.45, 2.75) is 225 Å². The summed E-state index contributed by atoms with van der Waals surface area (Å²) < 4.78 is 4.96. The Kier molecular flexibility index (Phi) is 20.1. The molecular weight excluding hydrogens is 721 g/mol. The minimum absolute atomic E-state index is 0.0615. The van der Waals surface area contributed by atoms with Gasteiger partial charge in [-0.15, -0.1) is 0 Å². The van der Waals surface area contributed by atoms with E-state index in [0.717, 1.165) is 25.7 Å². The molecule has 0 spiro atoms. The highest BCUT2D eigenvalue weighted by Crippen LogP contribution is 2.74. The third-order valence-electron chi connectivity index (χ3n) is 14.2. The predicted molar refractivity (Wildman–Crippen MR) is 226 cm³/mol. The van der Waals surface area contributed by atoms with Gasteiger partial charge in [-0.3, -0.25) is 14.4 Å². The number of rotatable bonds is 25. The number of carbonyl (C=O) groups is 3. The summed E-state index contributed by atoms with van der Waals surface area (Å²) in [6, 6.07) is 0. The van der Waals surface area contributed by atoms with Crippen molar-refractivity contribution < 1.29 is 44.7 Å². The SMILES string of the molecule is CC1=C[C@H]2[C@]3(O)[C@H](C)[C@@H](O)[C@@]4(O)[C@H]([C@@H]3C=C(CO)C[C@@]2(O)C1=O)C4(C)C.CCCCCCCCCCCCCC(=O)OC(=O)CCCCCCCCCCCCC. The molecule has 0 amide bonds. The summed E-state index contributed by atoms with van der Waals surface area (Å²) >= 11 is 0. The Labute approximate surface area is 345 Å². The Balaban J connectivity index is 0.000000308. The molecular formula is C48H82O9. The first-order valence-electron chi connectivity index (χ1n) is 23.2. The molecule has 0 heterocycles. The van der Waals surface area contributed by atoms with Crippen LogP contribution in [0.3, 0.4) is 0 Å². The van der Waals surface area contributed by atoms with Gasteiger partial charge in [0.05, 0.1) is 18.3 Å². The first kappa shape index (κ1) is 49.5. The van der Waals surface area contributed by atoms with Gasteiger partial charge in [0.15, 0.2) is 5.78 Å². The van der Waals surface area contributed by atoms with Crippen LogP contribution in [0.15, 0.2) is 23.3 Å². The number of carbonyl (C=O) groups excluding carboxylic acids is 3. The molecule has 8 atom stereocenters. The average molecular weight is 803 g/mol. The molecule has 2 saturated carbocycles. The van der Waals surface area contributed by atoms with Crippen LogP contribution in [0.4, 0.5) is 0 Å². The quantitative estimate of drug-likeness (QED) is 0.0262. The van der Waals surface area contributed by atoms with E-state index in [1.807, 2.05) is 13.8 Å². The zero-order valence-corrected chi connectivity index (χ0v) is 36.8. The number of ketones is 1. The van der Waals surface area contributed by atoms with Crippen LogP contribution >= 0.6 is 0 Å². The highest BCUT2D eigenvalue weighted by atomic mass is 16.6.